The number of para-hydroxylation sites is 2. The van der Waals surface area contributed by atoms with Gasteiger partial charge in [-0.1, -0.05) is 60.7 Å². The van der Waals surface area contributed by atoms with E-state index in [4.69, 9.17) is 4.98 Å². The highest BCUT2D eigenvalue weighted by atomic mass is 19.4. The van der Waals surface area contributed by atoms with Gasteiger partial charge >= 0.3 is 6.18 Å². The number of nitrogens with zero attached hydrogens (tertiary/aromatic N) is 3. The highest BCUT2D eigenvalue weighted by molar-refractivity contribution is 5.86. The van der Waals surface area contributed by atoms with Gasteiger partial charge in [0.15, 0.2) is 11.1 Å². The molecule has 1 N–H and O–H groups in total. The summed E-state index contributed by atoms with van der Waals surface area (Å²) in [5, 5.41) is 2.75. The largest absolute Gasteiger partial charge is 0.417 e. The Labute approximate surface area is 216 Å². The second-order valence-corrected chi connectivity index (χ2v) is 9.22. The average molecular weight is 513 g/mol. The predicted octanol–water partition coefficient (Wildman–Crippen LogP) is 6.71. The Morgan fingerprint density at radius 2 is 1.47 bits per heavy atom. The maximum Gasteiger partial charge on any atom is 0.417 e. The first kappa shape index (κ1) is 23.8. The molecule has 3 heterocycles. The van der Waals surface area contributed by atoms with Crippen LogP contribution in [0.2, 0.25) is 0 Å². The fraction of sp³-hybridized carbons (Fsp3) is 0.133. The standard InChI is InChI=1S/C30H23F3N4O/c31-30(32,33)24-17-26(36-16-15-20-9-7-8-10-21(20)19-36)35-29-28(24)25(38)18-27(34-22-11-3-1-4-12-22)37(29)23-13-5-2-6-14-23/h1-14,17-18,34H,15-16,19H2. The monoisotopic (exact) mass is 512 g/mol. The molecule has 8 heteroatoms. The summed E-state index contributed by atoms with van der Waals surface area (Å²) in [6.07, 6.45) is -4.05. The van der Waals surface area contributed by atoms with Crippen molar-refractivity contribution >= 4 is 28.4 Å². The number of aromatic nitrogens is 2. The van der Waals surface area contributed by atoms with Gasteiger partial charge in [-0.3, -0.25) is 9.36 Å². The van der Waals surface area contributed by atoms with Gasteiger partial charge in [0, 0.05) is 30.5 Å². The maximum atomic E-state index is 14.5. The average Bonchev–Trinajstić information content (AvgIpc) is 2.93. The molecule has 5 aromatic rings. The van der Waals surface area contributed by atoms with Crippen LogP contribution in [0.15, 0.2) is 102 Å². The third-order valence-corrected chi connectivity index (χ3v) is 6.77. The van der Waals surface area contributed by atoms with Crippen LogP contribution < -0.4 is 15.6 Å². The summed E-state index contributed by atoms with van der Waals surface area (Å²) in [6, 6.07) is 28.2. The van der Waals surface area contributed by atoms with Gasteiger partial charge in [-0.05, 0) is 47.9 Å². The molecule has 0 unspecified atom stereocenters. The zero-order chi connectivity index (χ0) is 26.3. The van der Waals surface area contributed by atoms with Crippen molar-refractivity contribution in [2.45, 2.75) is 19.1 Å². The zero-order valence-corrected chi connectivity index (χ0v) is 20.2. The molecule has 2 aromatic heterocycles. The molecule has 0 amide bonds. The molecule has 0 fully saturated rings. The van der Waals surface area contributed by atoms with Crippen LogP contribution in [-0.2, 0) is 19.1 Å². The molecule has 6 rings (SSSR count). The van der Waals surface area contributed by atoms with E-state index in [1.807, 2.05) is 65.6 Å². The van der Waals surface area contributed by atoms with Crippen LogP contribution in [-0.4, -0.2) is 16.1 Å². The van der Waals surface area contributed by atoms with E-state index in [2.05, 4.69) is 5.32 Å². The van der Waals surface area contributed by atoms with E-state index < -0.39 is 22.6 Å². The molecule has 0 bridgehead atoms. The number of rotatable bonds is 4. The zero-order valence-electron chi connectivity index (χ0n) is 20.2. The van der Waals surface area contributed by atoms with Crippen molar-refractivity contribution in [3.05, 3.63) is 124 Å². The molecule has 0 aliphatic carbocycles. The molecule has 38 heavy (non-hydrogen) atoms. The van der Waals surface area contributed by atoms with Gasteiger partial charge in [0.1, 0.15) is 11.6 Å². The summed E-state index contributed by atoms with van der Waals surface area (Å²) >= 11 is 0. The van der Waals surface area contributed by atoms with Crippen LogP contribution in [0.5, 0.6) is 0 Å². The molecule has 0 saturated heterocycles. The summed E-state index contributed by atoms with van der Waals surface area (Å²) in [6.45, 7) is 0.952. The number of hydrogen-bond acceptors (Lipinski definition) is 4. The maximum absolute atomic E-state index is 14.5. The summed E-state index contributed by atoms with van der Waals surface area (Å²) in [4.78, 5) is 19.9. The summed E-state index contributed by atoms with van der Waals surface area (Å²) in [5.74, 6) is 0.502. The Balaban J connectivity index is 1.62. The van der Waals surface area contributed by atoms with E-state index in [1.54, 1.807) is 28.8 Å². The number of hydrogen-bond donors (Lipinski definition) is 1. The Morgan fingerprint density at radius 1 is 0.816 bits per heavy atom. The predicted molar refractivity (Wildman–Crippen MR) is 143 cm³/mol. The molecule has 0 radical (unpaired) electrons. The van der Waals surface area contributed by atoms with E-state index in [0.717, 1.165) is 11.6 Å². The minimum atomic E-state index is -4.74. The topological polar surface area (TPSA) is 50.2 Å². The highest BCUT2D eigenvalue weighted by Crippen LogP contribution is 2.38. The number of halogens is 3. The van der Waals surface area contributed by atoms with Crippen LogP contribution in [0.4, 0.5) is 30.5 Å². The third-order valence-electron chi connectivity index (χ3n) is 6.77. The molecule has 1 aliphatic heterocycles. The normalized spacial score (nSPS) is 13.4. The molecule has 0 atom stereocenters. The van der Waals surface area contributed by atoms with E-state index >= 15 is 0 Å². The lowest BCUT2D eigenvalue weighted by atomic mass is 9.99. The number of benzene rings is 3. The van der Waals surface area contributed by atoms with Crippen molar-refractivity contribution in [3.8, 4) is 5.69 Å². The van der Waals surface area contributed by atoms with Crippen molar-refractivity contribution in [2.75, 3.05) is 16.8 Å². The molecule has 3 aromatic carbocycles. The summed E-state index contributed by atoms with van der Waals surface area (Å²) in [7, 11) is 0. The minimum absolute atomic E-state index is 0.0502. The van der Waals surface area contributed by atoms with Gasteiger partial charge < -0.3 is 10.2 Å². The van der Waals surface area contributed by atoms with Gasteiger partial charge in [-0.25, -0.2) is 4.98 Å². The van der Waals surface area contributed by atoms with Crippen molar-refractivity contribution < 1.29 is 13.2 Å². The first-order valence-electron chi connectivity index (χ1n) is 12.3. The second-order valence-electron chi connectivity index (χ2n) is 9.22. The van der Waals surface area contributed by atoms with Gasteiger partial charge in [-0.2, -0.15) is 13.2 Å². The molecule has 5 nitrogen and oxygen atoms in total. The number of fused-ring (bicyclic) bond motifs is 2. The van der Waals surface area contributed by atoms with Crippen LogP contribution in [0, 0.1) is 0 Å². The number of nitrogens with one attached hydrogen (secondary N) is 1. The molecule has 0 spiro atoms. The van der Waals surface area contributed by atoms with Crippen molar-refractivity contribution in [3.63, 3.8) is 0 Å². The Kier molecular flexibility index (Phi) is 5.87. The van der Waals surface area contributed by atoms with Crippen molar-refractivity contribution in [1.29, 1.82) is 0 Å². The van der Waals surface area contributed by atoms with Gasteiger partial charge in [0.25, 0.3) is 0 Å². The number of alkyl halides is 3. The Bertz CT molecular complexity index is 1680. The second kappa shape index (κ2) is 9.37. The molecular formula is C30H23F3N4O. The lowest BCUT2D eigenvalue weighted by Gasteiger charge is -2.31. The van der Waals surface area contributed by atoms with Crippen LogP contribution >= 0.6 is 0 Å². The van der Waals surface area contributed by atoms with Gasteiger partial charge in [-0.15, -0.1) is 0 Å². The molecule has 190 valence electrons. The Hall–Kier alpha value is -4.59. The SMILES string of the molecule is O=c1cc(Nc2ccccc2)n(-c2ccccc2)c2nc(N3CCc4ccccc4C3)cc(C(F)(F)F)c12. The number of pyridine rings is 2. The smallest absolute Gasteiger partial charge is 0.352 e. The van der Waals surface area contributed by atoms with Gasteiger partial charge in [0.05, 0.1) is 10.9 Å². The highest BCUT2D eigenvalue weighted by Gasteiger charge is 2.36. The lowest BCUT2D eigenvalue weighted by Crippen LogP contribution is -2.31. The number of anilines is 3. The summed E-state index contributed by atoms with van der Waals surface area (Å²) in [5.41, 5.74) is 1.71. The first-order valence-corrected chi connectivity index (χ1v) is 12.3. The van der Waals surface area contributed by atoms with Crippen LogP contribution in [0.1, 0.15) is 16.7 Å². The van der Waals surface area contributed by atoms with E-state index in [1.165, 1.54) is 11.6 Å². The van der Waals surface area contributed by atoms with Crippen molar-refractivity contribution in [2.24, 2.45) is 0 Å². The molecular weight excluding hydrogens is 489 g/mol. The van der Waals surface area contributed by atoms with Crippen LogP contribution in [0.25, 0.3) is 16.7 Å². The summed E-state index contributed by atoms with van der Waals surface area (Å²) < 4.78 is 45.0. The van der Waals surface area contributed by atoms with E-state index in [-0.39, 0.29) is 11.5 Å². The fourth-order valence-corrected chi connectivity index (χ4v) is 4.97. The van der Waals surface area contributed by atoms with E-state index in [9.17, 15) is 18.0 Å². The molecule has 0 saturated carbocycles. The third kappa shape index (κ3) is 4.38. The quantitative estimate of drug-likeness (QED) is 0.291. The lowest BCUT2D eigenvalue weighted by molar-refractivity contribution is -0.136. The van der Waals surface area contributed by atoms with E-state index in [0.29, 0.717) is 36.7 Å². The van der Waals surface area contributed by atoms with Gasteiger partial charge in [0.2, 0.25) is 0 Å². The minimum Gasteiger partial charge on any atom is -0.352 e. The van der Waals surface area contributed by atoms with Crippen molar-refractivity contribution in [1.82, 2.24) is 9.55 Å². The molecule has 1 aliphatic rings. The fourth-order valence-electron chi connectivity index (χ4n) is 4.97. The first-order chi connectivity index (χ1) is 18.4. The Morgan fingerprint density at radius 3 is 2.18 bits per heavy atom. The van der Waals surface area contributed by atoms with Crippen LogP contribution in [0.3, 0.4) is 0 Å².